The molecule has 0 bridgehead atoms. The summed E-state index contributed by atoms with van der Waals surface area (Å²) in [7, 11) is 0. The van der Waals surface area contributed by atoms with Gasteiger partial charge in [0, 0.05) is 20.9 Å². The summed E-state index contributed by atoms with van der Waals surface area (Å²) in [5, 5.41) is 0.979. The molecule has 0 aliphatic rings. The van der Waals surface area contributed by atoms with Gasteiger partial charge in [0.1, 0.15) is 0 Å². The van der Waals surface area contributed by atoms with E-state index >= 15 is 0 Å². The van der Waals surface area contributed by atoms with Crippen molar-refractivity contribution < 1.29 is 0 Å². The lowest BCUT2D eigenvalue weighted by Gasteiger charge is -2.13. The third-order valence-corrected chi connectivity index (χ3v) is 4.57. The fourth-order valence-electron chi connectivity index (χ4n) is 1.58. The molecule has 4 heteroatoms. The van der Waals surface area contributed by atoms with E-state index in [1.54, 1.807) is 11.3 Å². The van der Waals surface area contributed by atoms with Gasteiger partial charge in [-0.05, 0) is 30.0 Å². The van der Waals surface area contributed by atoms with Crippen molar-refractivity contribution in [2.45, 2.75) is 12.3 Å². The first kappa shape index (κ1) is 12.3. The van der Waals surface area contributed by atoms with E-state index in [4.69, 9.17) is 0 Å². The first-order chi connectivity index (χ1) is 7.79. The summed E-state index contributed by atoms with van der Waals surface area (Å²) in [5.74, 6) is 0.522. The Labute approximate surface area is 116 Å². The lowest BCUT2D eigenvalue weighted by molar-refractivity contribution is 0.784. The number of nitrogens with zero attached hydrogens (tertiary/aromatic N) is 1. The highest BCUT2D eigenvalue weighted by Gasteiger charge is 2.11. The molecule has 0 spiro atoms. The van der Waals surface area contributed by atoms with Gasteiger partial charge in [-0.15, -0.1) is 11.3 Å². The lowest BCUT2D eigenvalue weighted by atomic mass is 9.97. The number of benzene rings is 1. The number of halogens is 2. The molecule has 1 nitrogen and oxygen atoms in total. The fourth-order valence-corrected chi connectivity index (χ4v) is 3.13. The van der Waals surface area contributed by atoms with Crippen molar-refractivity contribution in [2.24, 2.45) is 0 Å². The number of rotatable bonds is 4. The first-order valence-corrected chi connectivity index (χ1v) is 7.78. The van der Waals surface area contributed by atoms with Crippen LogP contribution in [0, 0.1) is 0 Å². The highest BCUT2D eigenvalue weighted by Crippen LogP contribution is 2.25. The average molecular weight is 361 g/mol. The number of hydrogen-bond acceptors (Lipinski definition) is 2. The Balaban J connectivity index is 2.13. The second kappa shape index (κ2) is 5.94. The maximum Gasteiger partial charge on any atom is 0.0794 e. The van der Waals surface area contributed by atoms with Crippen LogP contribution in [0.2, 0.25) is 0 Å². The van der Waals surface area contributed by atoms with E-state index in [9.17, 15) is 0 Å². The molecule has 0 aliphatic heterocycles. The Bertz CT molecular complexity index is 425. The molecule has 1 atom stereocenters. The predicted molar refractivity (Wildman–Crippen MR) is 76.5 cm³/mol. The van der Waals surface area contributed by atoms with E-state index in [1.165, 1.54) is 10.4 Å². The molecule has 0 amide bonds. The molecule has 0 saturated carbocycles. The molecule has 84 valence electrons. The van der Waals surface area contributed by atoms with Crippen LogP contribution in [-0.2, 0) is 6.42 Å². The number of thiazole rings is 1. The van der Waals surface area contributed by atoms with Crippen LogP contribution >= 0.6 is 43.2 Å². The number of alkyl halides is 1. The molecule has 0 saturated heterocycles. The minimum atomic E-state index is 0.522. The lowest BCUT2D eigenvalue weighted by Crippen LogP contribution is -2.03. The third kappa shape index (κ3) is 3.15. The van der Waals surface area contributed by atoms with Gasteiger partial charge in [0.05, 0.1) is 5.51 Å². The van der Waals surface area contributed by atoms with Crippen LogP contribution in [0.25, 0.3) is 0 Å². The molecule has 0 radical (unpaired) electrons. The zero-order valence-electron chi connectivity index (χ0n) is 8.57. The molecule has 1 heterocycles. The van der Waals surface area contributed by atoms with Gasteiger partial charge in [0.15, 0.2) is 0 Å². The van der Waals surface area contributed by atoms with Gasteiger partial charge in [-0.25, -0.2) is 0 Å². The van der Waals surface area contributed by atoms with Crippen LogP contribution in [0.3, 0.4) is 0 Å². The fraction of sp³-hybridized carbons (Fsp3) is 0.250. The largest absolute Gasteiger partial charge is 0.253 e. The second-order valence-electron chi connectivity index (χ2n) is 3.57. The monoisotopic (exact) mass is 359 g/mol. The van der Waals surface area contributed by atoms with Gasteiger partial charge in [0.2, 0.25) is 0 Å². The van der Waals surface area contributed by atoms with Crippen LogP contribution in [0.5, 0.6) is 0 Å². The van der Waals surface area contributed by atoms with Crippen molar-refractivity contribution in [2.75, 3.05) is 5.33 Å². The highest BCUT2D eigenvalue weighted by atomic mass is 79.9. The second-order valence-corrected chi connectivity index (χ2v) is 6.11. The number of hydrogen-bond donors (Lipinski definition) is 0. The van der Waals surface area contributed by atoms with Crippen molar-refractivity contribution in [1.82, 2.24) is 4.98 Å². The smallest absolute Gasteiger partial charge is 0.0794 e. The van der Waals surface area contributed by atoms with E-state index < -0.39 is 0 Å². The summed E-state index contributed by atoms with van der Waals surface area (Å²) < 4.78 is 1.13. The van der Waals surface area contributed by atoms with Crippen molar-refractivity contribution in [3.05, 3.63) is 50.9 Å². The molecule has 2 rings (SSSR count). The van der Waals surface area contributed by atoms with Crippen LogP contribution in [-0.4, -0.2) is 10.3 Å². The van der Waals surface area contributed by atoms with Crippen LogP contribution in [0.4, 0.5) is 0 Å². The van der Waals surface area contributed by atoms with Gasteiger partial charge in [-0.2, -0.15) is 0 Å². The van der Waals surface area contributed by atoms with Gasteiger partial charge in [0.25, 0.3) is 0 Å². The molecule has 1 aromatic carbocycles. The van der Waals surface area contributed by atoms with Crippen molar-refractivity contribution in [3.63, 3.8) is 0 Å². The van der Waals surface area contributed by atoms with Crippen LogP contribution in [0.15, 0.2) is 40.4 Å². The summed E-state index contributed by atoms with van der Waals surface area (Å²) in [6, 6.07) is 8.55. The van der Waals surface area contributed by atoms with Gasteiger partial charge in [-0.3, -0.25) is 4.98 Å². The molecule has 0 fully saturated rings. The maximum atomic E-state index is 4.11. The minimum Gasteiger partial charge on any atom is -0.253 e. The number of aromatic nitrogens is 1. The summed E-state index contributed by atoms with van der Waals surface area (Å²) in [6.07, 6.45) is 3.01. The Morgan fingerprint density at radius 2 is 2.00 bits per heavy atom. The zero-order valence-corrected chi connectivity index (χ0v) is 12.6. The van der Waals surface area contributed by atoms with E-state index in [-0.39, 0.29) is 0 Å². The molecular weight excluding hydrogens is 350 g/mol. The van der Waals surface area contributed by atoms with E-state index in [0.717, 1.165) is 16.2 Å². The zero-order chi connectivity index (χ0) is 11.4. The van der Waals surface area contributed by atoms with Crippen LogP contribution < -0.4 is 0 Å². The molecule has 16 heavy (non-hydrogen) atoms. The van der Waals surface area contributed by atoms with Gasteiger partial charge in [-0.1, -0.05) is 44.0 Å². The standard InChI is InChI=1S/C12H11Br2NS/c13-6-10(5-12-7-15-8-16-12)9-1-3-11(14)4-2-9/h1-4,7-8,10H,5-6H2. The average Bonchev–Trinajstić information content (AvgIpc) is 2.80. The van der Waals surface area contributed by atoms with Crippen molar-refractivity contribution in [1.29, 1.82) is 0 Å². The van der Waals surface area contributed by atoms with Crippen LogP contribution in [0.1, 0.15) is 16.4 Å². The first-order valence-electron chi connectivity index (χ1n) is 4.98. The van der Waals surface area contributed by atoms with Gasteiger partial charge < -0.3 is 0 Å². The molecule has 0 N–H and O–H groups in total. The third-order valence-electron chi connectivity index (χ3n) is 2.46. The highest BCUT2D eigenvalue weighted by molar-refractivity contribution is 9.10. The Kier molecular flexibility index (Phi) is 4.55. The molecule has 0 aliphatic carbocycles. The molecule has 1 unspecified atom stereocenters. The topological polar surface area (TPSA) is 12.9 Å². The Morgan fingerprint density at radius 1 is 1.25 bits per heavy atom. The summed E-state index contributed by atoms with van der Waals surface area (Å²) in [6.45, 7) is 0. The summed E-state index contributed by atoms with van der Waals surface area (Å²) >= 11 is 8.77. The quantitative estimate of drug-likeness (QED) is 0.724. The maximum absolute atomic E-state index is 4.11. The normalized spacial score (nSPS) is 12.6. The predicted octanol–water partition coefficient (Wildman–Crippen LogP) is 4.63. The Morgan fingerprint density at radius 3 is 2.56 bits per heavy atom. The minimum absolute atomic E-state index is 0.522. The van der Waals surface area contributed by atoms with E-state index in [1.807, 2.05) is 11.7 Å². The van der Waals surface area contributed by atoms with Crippen molar-refractivity contribution >= 4 is 43.2 Å². The SMILES string of the molecule is BrCC(Cc1cncs1)c1ccc(Br)cc1. The van der Waals surface area contributed by atoms with Gasteiger partial charge >= 0.3 is 0 Å². The van der Waals surface area contributed by atoms with E-state index in [2.05, 4.69) is 61.1 Å². The summed E-state index contributed by atoms with van der Waals surface area (Å²) in [5.41, 5.74) is 3.26. The van der Waals surface area contributed by atoms with Crippen molar-refractivity contribution in [3.8, 4) is 0 Å². The molecule has 2 aromatic rings. The van der Waals surface area contributed by atoms with E-state index in [0.29, 0.717) is 5.92 Å². The summed E-state index contributed by atoms with van der Waals surface area (Å²) in [4.78, 5) is 5.45. The Hall–Kier alpha value is -0.190. The molecule has 1 aromatic heterocycles. The molecular formula is C12H11Br2NS.